The van der Waals surface area contributed by atoms with Crippen LogP contribution in [0.5, 0.6) is 5.75 Å². The number of rotatable bonds is 5. The lowest BCUT2D eigenvalue weighted by atomic mass is 10.0. The number of hydrogen-bond acceptors (Lipinski definition) is 4. The molecule has 4 rings (SSSR count). The molecule has 7 heteroatoms. The lowest BCUT2D eigenvalue weighted by molar-refractivity contribution is 0.111. The zero-order chi connectivity index (χ0) is 20.6. The predicted octanol–water partition coefficient (Wildman–Crippen LogP) is 4.51. The van der Waals surface area contributed by atoms with E-state index in [1.54, 1.807) is 36.4 Å². The molecule has 0 aliphatic heterocycles. The number of aromatic nitrogens is 1. The van der Waals surface area contributed by atoms with Crippen molar-refractivity contribution in [1.82, 2.24) is 3.97 Å². The SMILES string of the molecule is COc1ccc2c(c1)c(-c1ccc(F)cc1)c(C=O)n2S(=O)(=O)c1ccccc1. The third-order valence-corrected chi connectivity index (χ3v) is 6.43. The Balaban J connectivity index is 2.13. The molecular formula is C22H16FNO4S. The molecule has 0 aliphatic carbocycles. The molecule has 3 aromatic carbocycles. The predicted molar refractivity (Wildman–Crippen MR) is 108 cm³/mol. The fourth-order valence-electron chi connectivity index (χ4n) is 3.37. The van der Waals surface area contributed by atoms with Crippen LogP contribution in [0.4, 0.5) is 4.39 Å². The number of hydrogen-bond donors (Lipinski definition) is 0. The molecule has 5 nitrogen and oxygen atoms in total. The quantitative estimate of drug-likeness (QED) is 0.455. The van der Waals surface area contributed by atoms with Gasteiger partial charge in [0.25, 0.3) is 10.0 Å². The fourth-order valence-corrected chi connectivity index (χ4v) is 4.90. The average molecular weight is 409 g/mol. The maximum atomic E-state index is 13.4. The van der Waals surface area contributed by atoms with Gasteiger partial charge in [0.2, 0.25) is 0 Å². The number of carbonyl (C=O) groups excluding carboxylic acids is 1. The largest absolute Gasteiger partial charge is 0.497 e. The minimum absolute atomic E-state index is 0.0382. The highest BCUT2D eigenvalue weighted by Gasteiger charge is 2.27. The molecule has 0 amide bonds. The van der Waals surface area contributed by atoms with E-state index in [1.807, 2.05) is 0 Å². The first-order valence-electron chi connectivity index (χ1n) is 8.71. The van der Waals surface area contributed by atoms with Crippen LogP contribution in [0, 0.1) is 5.82 Å². The van der Waals surface area contributed by atoms with Gasteiger partial charge in [0.1, 0.15) is 17.3 Å². The van der Waals surface area contributed by atoms with E-state index in [1.165, 1.54) is 43.5 Å². The van der Waals surface area contributed by atoms with E-state index in [0.29, 0.717) is 34.1 Å². The summed E-state index contributed by atoms with van der Waals surface area (Å²) in [6.45, 7) is 0. The number of ether oxygens (including phenoxy) is 1. The normalized spacial score (nSPS) is 11.5. The van der Waals surface area contributed by atoms with Crippen molar-refractivity contribution in [2.75, 3.05) is 7.11 Å². The minimum Gasteiger partial charge on any atom is -0.497 e. The van der Waals surface area contributed by atoms with E-state index in [9.17, 15) is 17.6 Å². The average Bonchev–Trinajstić information content (AvgIpc) is 3.09. The molecule has 0 N–H and O–H groups in total. The van der Waals surface area contributed by atoms with Gasteiger partial charge in [-0.3, -0.25) is 4.79 Å². The number of benzene rings is 3. The van der Waals surface area contributed by atoms with Crippen LogP contribution in [0.2, 0.25) is 0 Å². The van der Waals surface area contributed by atoms with Gasteiger partial charge < -0.3 is 4.74 Å². The van der Waals surface area contributed by atoms with Gasteiger partial charge in [-0.1, -0.05) is 30.3 Å². The number of methoxy groups -OCH3 is 1. The minimum atomic E-state index is -4.05. The molecule has 0 aliphatic rings. The highest BCUT2D eigenvalue weighted by atomic mass is 32.2. The summed E-state index contributed by atoms with van der Waals surface area (Å²) < 4.78 is 46.5. The van der Waals surface area contributed by atoms with Crippen LogP contribution in [0.15, 0.2) is 77.7 Å². The molecule has 4 aromatic rings. The Hall–Kier alpha value is -3.45. The molecule has 0 radical (unpaired) electrons. The van der Waals surface area contributed by atoms with E-state index in [2.05, 4.69) is 0 Å². The van der Waals surface area contributed by atoms with Gasteiger partial charge in [-0.15, -0.1) is 0 Å². The summed E-state index contributed by atoms with van der Waals surface area (Å²) in [5.41, 5.74) is 1.21. The molecule has 0 atom stereocenters. The fraction of sp³-hybridized carbons (Fsp3) is 0.0455. The van der Waals surface area contributed by atoms with Gasteiger partial charge in [0, 0.05) is 10.9 Å². The van der Waals surface area contributed by atoms with Crippen molar-refractivity contribution in [2.24, 2.45) is 0 Å². The molecule has 1 heterocycles. The lowest BCUT2D eigenvalue weighted by Gasteiger charge is -2.10. The first-order valence-corrected chi connectivity index (χ1v) is 10.2. The summed E-state index contributed by atoms with van der Waals surface area (Å²) >= 11 is 0. The molecule has 146 valence electrons. The summed E-state index contributed by atoms with van der Waals surface area (Å²) in [7, 11) is -2.56. The van der Waals surface area contributed by atoms with Crippen molar-refractivity contribution in [3.8, 4) is 16.9 Å². The standard InChI is InChI=1S/C22H16FNO4S/c1-28-17-11-12-20-19(13-17)22(15-7-9-16(23)10-8-15)21(14-25)24(20)29(26,27)18-5-3-2-4-6-18/h2-14H,1H3. The second-order valence-corrected chi connectivity index (χ2v) is 8.14. The van der Waals surface area contributed by atoms with Gasteiger partial charge >= 0.3 is 0 Å². The monoisotopic (exact) mass is 409 g/mol. The smallest absolute Gasteiger partial charge is 0.268 e. The van der Waals surface area contributed by atoms with Crippen LogP contribution in [0.1, 0.15) is 10.5 Å². The van der Waals surface area contributed by atoms with Crippen LogP contribution >= 0.6 is 0 Å². The topological polar surface area (TPSA) is 65.4 Å². The molecule has 29 heavy (non-hydrogen) atoms. The Morgan fingerprint density at radius 1 is 0.966 bits per heavy atom. The Kier molecular flexibility index (Phi) is 4.68. The van der Waals surface area contributed by atoms with Crippen molar-refractivity contribution in [2.45, 2.75) is 4.90 Å². The Morgan fingerprint density at radius 3 is 2.28 bits per heavy atom. The van der Waals surface area contributed by atoms with E-state index < -0.39 is 15.8 Å². The van der Waals surface area contributed by atoms with Crippen molar-refractivity contribution in [1.29, 1.82) is 0 Å². The van der Waals surface area contributed by atoms with Crippen molar-refractivity contribution in [3.05, 3.63) is 84.3 Å². The van der Waals surface area contributed by atoms with Crippen LogP contribution in [-0.2, 0) is 10.0 Å². The van der Waals surface area contributed by atoms with Crippen molar-refractivity contribution >= 4 is 27.2 Å². The second kappa shape index (κ2) is 7.18. The Morgan fingerprint density at radius 2 is 1.66 bits per heavy atom. The van der Waals surface area contributed by atoms with Gasteiger partial charge in [-0.25, -0.2) is 16.8 Å². The molecular weight excluding hydrogens is 393 g/mol. The Labute approximate surface area is 167 Å². The summed E-state index contributed by atoms with van der Waals surface area (Å²) in [6, 6.07) is 18.3. The first kappa shape index (κ1) is 18.9. The van der Waals surface area contributed by atoms with E-state index in [0.717, 1.165) is 3.97 Å². The third-order valence-electron chi connectivity index (χ3n) is 4.69. The van der Waals surface area contributed by atoms with Crippen molar-refractivity contribution in [3.63, 3.8) is 0 Å². The molecule has 0 saturated carbocycles. The summed E-state index contributed by atoms with van der Waals surface area (Å²) in [6.07, 6.45) is 0.506. The number of halogens is 1. The molecule has 0 unspecified atom stereocenters. The van der Waals surface area contributed by atoms with E-state index in [-0.39, 0.29) is 10.6 Å². The van der Waals surface area contributed by atoms with Crippen LogP contribution in [0.25, 0.3) is 22.0 Å². The molecule has 0 fully saturated rings. The van der Waals surface area contributed by atoms with Crippen LogP contribution in [0.3, 0.4) is 0 Å². The maximum absolute atomic E-state index is 13.4. The number of aldehydes is 1. The zero-order valence-corrected chi connectivity index (χ0v) is 16.2. The van der Waals surface area contributed by atoms with Gasteiger partial charge in [-0.2, -0.15) is 0 Å². The molecule has 0 spiro atoms. The lowest BCUT2D eigenvalue weighted by Crippen LogP contribution is -2.15. The molecule has 0 saturated heterocycles. The van der Waals surface area contributed by atoms with Gasteiger partial charge in [-0.05, 0) is 48.0 Å². The van der Waals surface area contributed by atoms with E-state index in [4.69, 9.17) is 4.74 Å². The zero-order valence-electron chi connectivity index (χ0n) is 15.4. The van der Waals surface area contributed by atoms with Gasteiger partial charge in [0.15, 0.2) is 6.29 Å². The highest BCUT2D eigenvalue weighted by Crippen LogP contribution is 2.38. The van der Waals surface area contributed by atoms with Crippen LogP contribution in [-0.4, -0.2) is 25.8 Å². The molecule has 1 aromatic heterocycles. The number of nitrogens with zero attached hydrogens (tertiary/aromatic N) is 1. The van der Waals surface area contributed by atoms with Gasteiger partial charge in [0.05, 0.1) is 17.5 Å². The van der Waals surface area contributed by atoms with E-state index >= 15 is 0 Å². The highest BCUT2D eigenvalue weighted by molar-refractivity contribution is 7.90. The first-order chi connectivity index (χ1) is 14.0. The van der Waals surface area contributed by atoms with Crippen LogP contribution < -0.4 is 4.74 Å². The number of fused-ring (bicyclic) bond motifs is 1. The van der Waals surface area contributed by atoms with Crippen molar-refractivity contribution < 1.29 is 22.3 Å². The molecule has 0 bridgehead atoms. The third kappa shape index (κ3) is 3.09. The summed E-state index contributed by atoms with van der Waals surface area (Å²) in [5, 5.41) is 0.512. The summed E-state index contributed by atoms with van der Waals surface area (Å²) in [4.78, 5) is 12.2. The Bertz CT molecular complexity index is 1310. The summed E-state index contributed by atoms with van der Waals surface area (Å²) in [5.74, 6) is 0.0761. The second-order valence-electron chi connectivity index (χ2n) is 6.35. The maximum Gasteiger partial charge on any atom is 0.268 e. The number of carbonyl (C=O) groups is 1.